The van der Waals surface area contributed by atoms with Gasteiger partial charge in [-0.25, -0.2) is 0 Å². The quantitative estimate of drug-likeness (QED) is 0.218. The topological polar surface area (TPSA) is 120 Å². The summed E-state index contributed by atoms with van der Waals surface area (Å²) in [7, 11) is 0. The number of alkyl halides is 6. The molecule has 0 aromatic rings. The first-order valence-corrected chi connectivity index (χ1v) is 14.2. The van der Waals surface area contributed by atoms with E-state index in [9.17, 15) is 29.7 Å². The van der Waals surface area contributed by atoms with Gasteiger partial charge in [-0.1, -0.05) is 59.3 Å². The van der Waals surface area contributed by atoms with Gasteiger partial charge in [0.15, 0.2) is 0 Å². The first-order chi connectivity index (χ1) is 16.2. The van der Waals surface area contributed by atoms with E-state index in [1.165, 1.54) is 20.8 Å². The number of carboxylic acid groups (broad SMARTS) is 3. The Morgan fingerprint density at radius 2 is 0.703 bits per heavy atom. The maximum atomic E-state index is 10.6. The van der Waals surface area contributed by atoms with E-state index < -0.39 is 48.7 Å². The number of carbonyl (C=O) groups is 3. The summed E-state index contributed by atoms with van der Waals surface area (Å²) in [5.41, 5.74) is 0. The van der Waals surface area contributed by atoms with E-state index in [0.29, 0.717) is 19.3 Å². The van der Waals surface area contributed by atoms with E-state index in [0.717, 1.165) is 38.5 Å². The average molecular weight is 688 g/mol. The molecule has 3 atom stereocenters. The van der Waals surface area contributed by atoms with E-state index >= 15 is 0 Å². The third kappa shape index (κ3) is 24.2. The molecule has 0 fully saturated rings. The Labute approximate surface area is 263 Å². The molecule has 13 heteroatoms. The van der Waals surface area contributed by atoms with E-state index in [1.54, 1.807) is 0 Å². The minimum absolute atomic E-state index is 0. The first kappa shape index (κ1) is 44.7. The van der Waals surface area contributed by atoms with Crippen molar-refractivity contribution >= 4 is 87.5 Å². The maximum absolute atomic E-state index is 10.6. The molecule has 0 aliphatic heterocycles. The van der Waals surface area contributed by atoms with Crippen molar-refractivity contribution in [2.75, 3.05) is 0 Å². The largest absolute Gasteiger partial charge is 3.00 e. The van der Waals surface area contributed by atoms with Crippen LogP contribution >= 0.6 is 69.6 Å². The van der Waals surface area contributed by atoms with Crippen LogP contribution in [0.2, 0.25) is 0 Å². The van der Waals surface area contributed by atoms with Crippen molar-refractivity contribution in [3.63, 3.8) is 0 Å². The predicted octanol–water partition coefficient (Wildman–Crippen LogP) is 5.21. The second-order valence-corrected chi connectivity index (χ2v) is 14.2. The molecular weight excluding hydrogens is 649 g/mol. The van der Waals surface area contributed by atoms with Gasteiger partial charge in [0.25, 0.3) is 0 Å². The molecule has 0 amide bonds. The van der Waals surface area contributed by atoms with E-state index in [2.05, 4.69) is 0 Å². The summed E-state index contributed by atoms with van der Waals surface area (Å²) in [6, 6.07) is 0. The molecule has 0 spiro atoms. The molecular formula is C24H39Cl6CrO6. The van der Waals surface area contributed by atoms with Crippen molar-refractivity contribution in [2.24, 2.45) is 17.8 Å². The van der Waals surface area contributed by atoms with Crippen LogP contribution in [0, 0.1) is 17.8 Å². The molecule has 0 saturated heterocycles. The van der Waals surface area contributed by atoms with E-state index in [1.807, 2.05) is 20.8 Å². The smallest absolute Gasteiger partial charge is 0.550 e. The Morgan fingerprint density at radius 3 is 0.784 bits per heavy atom. The van der Waals surface area contributed by atoms with Crippen LogP contribution in [0.15, 0.2) is 0 Å². The minimum Gasteiger partial charge on any atom is -0.550 e. The number of unbranched alkanes of at least 4 members (excludes halogenated alkanes) is 3. The van der Waals surface area contributed by atoms with Crippen molar-refractivity contribution in [1.82, 2.24) is 0 Å². The van der Waals surface area contributed by atoms with Crippen LogP contribution < -0.4 is 15.3 Å². The van der Waals surface area contributed by atoms with Gasteiger partial charge in [-0.3, -0.25) is 0 Å². The summed E-state index contributed by atoms with van der Waals surface area (Å²) in [6.07, 6.45) is 6.59. The number of hydrogen-bond donors (Lipinski definition) is 0. The molecule has 0 aromatic heterocycles. The summed E-state index contributed by atoms with van der Waals surface area (Å²) < 4.78 is -3.68. The van der Waals surface area contributed by atoms with Crippen LogP contribution in [0.25, 0.3) is 0 Å². The Kier molecular flexibility index (Phi) is 27.0. The standard InChI is InChI=1S/3C8H14Cl2O2.Cr/c3*1-3-4-5-6(7(11)12)8(2,9)10;/h3*6H,3-5H2,1-2H3,(H,11,12);/q;;;+3/p-3. The Morgan fingerprint density at radius 1 is 0.541 bits per heavy atom. The molecule has 0 aromatic carbocycles. The Hall–Kier alpha value is 0.682. The van der Waals surface area contributed by atoms with Crippen molar-refractivity contribution in [3.05, 3.63) is 0 Å². The van der Waals surface area contributed by atoms with Crippen molar-refractivity contribution in [1.29, 1.82) is 0 Å². The molecule has 1 radical (unpaired) electrons. The molecule has 0 bridgehead atoms. The van der Waals surface area contributed by atoms with Crippen molar-refractivity contribution in [2.45, 2.75) is 112 Å². The molecule has 0 saturated carbocycles. The summed E-state index contributed by atoms with van der Waals surface area (Å²) in [5, 5.41) is 31.7. The number of carboxylic acids is 3. The predicted molar refractivity (Wildman–Crippen MR) is 144 cm³/mol. The number of hydrogen-bond acceptors (Lipinski definition) is 6. The van der Waals surface area contributed by atoms with Gasteiger partial charge >= 0.3 is 17.4 Å². The van der Waals surface area contributed by atoms with Crippen LogP contribution in [0.5, 0.6) is 0 Å². The molecule has 3 unspecified atom stereocenters. The van der Waals surface area contributed by atoms with Gasteiger partial charge in [0.2, 0.25) is 0 Å². The van der Waals surface area contributed by atoms with E-state index in [-0.39, 0.29) is 17.4 Å². The second-order valence-electron chi connectivity index (χ2n) is 8.91. The summed E-state index contributed by atoms with van der Waals surface area (Å²) in [6.45, 7) is 10.4. The average Bonchev–Trinajstić information content (AvgIpc) is 2.66. The third-order valence-corrected chi connectivity index (χ3v) is 6.81. The molecule has 219 valence electrons. The van der Waals surface area contributed by atoms with Crippen LogP contribution in [0.4, 0.5) is 0 Å². The molecule has 0 aliphatic carbocycles. The van der Waals surface area contributed by atoms with Gasteiger partial charge in [-0.15, -0.1) is 69.6 Å². The summed E-state index contributed by atoms with van der Waals surface area (Å²) >= 11 is 34.0. The van der Waals surface area contributed by atoms with Gasteiger partial charge in [-0.05, 0) is 40.0 Å². The van der Waals surface area contributed by atoms with Gasteiger partial charge in [0.05, 0.1) is 0 Å². The van der Waals surface area contributed by atoms with Crippen molar-refractivity contribution < 1.29 is 47.1 Å². The number of halogens is 6. The second kappa shape index (κ2) is 22.4. The third-order valence-electron chi connectivity index (χ3n) is 5.23. The van der Waals surface area contributed by atoms with Gasteiger partial charge in [0.1, 0.15) is 13.0 Å². The zero-order chi connectivity index (χ0) is 29.3. The number of rotatable bonds is 15. The zero-order valence-corrected chi connectivity index (χ0v) is 28.0. The first-order valence-electron chi connectivity index (χ1n) is 11.9. The molecule has 6 nitrogen and oxygen atoms in total. The van der Waals surface area contributed by atoms with Crippen LogP contribution in [0.3, 0.4) is 0 Å². The zero-order valence-electron chi connectivity index (χ0n) is 22.2. The van der Waals surface area contributed by atoms with Crippen molar-refractivity contribution in [3.8, 4) is 0 Å². The summed E-state index contributed by atoms with van der Waals surface area (Å²) in [4.78, 5) is 31.7. The fraction of sp³-hybridized carbons (Fsp3) is 0.875. The van der Waals surface area contributed by atoms with Crippen LogP contribution in [-0.2, 0) is 31.7 Å². The van der Waals surface area contributed by atoms with Gasteiger partial charge in [-0.2, -0.15) is 0 Å². The van der Waals surface area contributed by atoms with Crippen LogP contribution in [-0.4, -0.2) is 30.9 Å². The fourth-order valence-corrected chi connectivity index (χ4v) is 4.15. The number of aliphatic carboxylic acids is 3. The molecule has 0 aliphatic rings. The molecule has 0 N–H and O–H groups in total. The minimum atomic E-state index is -1.23. The van der Waals surface area contributed by atoms with Gasteiger partial charge < -0.3 is 29.7 Å². The van der Waals surface area contributed by atoms with E-state index in [4.69, 9.17) is 69.6 Å². The monoisotopic (exact) mass is 685 g/mol. The summed E-state index contributed by atoms with van der Waals surface area (Å²) in [5.74, 6) is -5.84. The molecule has 0 heterocycles. The maximum Gasteiger partial charge on any atom is 3.00 e. The SMILES string of the molecule is CCCCC(C(=O)[O-])C(C)(Cl)Cl.CCCCC(C(=O)[O-])C(C)(Cl)Cl.CCCCC(C(=O)[O-])C(C)(Cl)Cl.[Cr+3]. The number of carbonyl (C=O) groups excluding carboxylic acids is 3. The normalized spacial score (nSPS) is 13.9. The Balaban J connectivity index is -0.000000218. The fourth-order valence-electron chi connectivity index (χ4n) is 2.96. The van der Waals surface area contributed by atoms with Gasteiger partial charge in [0, 0.05) is 35.7 Å². The molecule has 37 heavy (non-hydrogen) atoms. The Bertz CT molecular complexity index is 547. The molecule has 0 rings (SSSR count). The van der Waals surface area contributed by atoms with Crippen LogP contribution in [0.1, 0.15) is 99.3 Å².